The summed E-state index contributed by atoms with van der Waals surface area (Å²) in [6.07, 6.45) is 8.33. The molecule has 13 heavy (non-hydrogen) atoms. The van der Waals surface area contributed by atoms with Gasteiger partial charge in [0.2, 0.25) is 0 Å². The zero-order chi connectivity index (χ0) is 9.26. The van der Waals surface area contributed by atoms with Crippen molar-refractivity contribution >= 4 is 17.3 Å². The molecule has 66 valence electrons. The Labute approximate surface area is 82.5 Å². The highest BCUT2D eigenvalue weighted by molar-refractivity contribution is 6.33. The first kappa shape index (κ1) is 8.39. The molecule has 0 radical (unpaired) electrons. The lowest BCUT2D eigenvalue weighted by Gasteiger charge is -2.07. The van der Waals surface area contributed by atoms with Crippen LogP contribution >= 0.6 is 11.6 Å². The first-order valence-electron chi connectivity index (χ1n) is 4.17. The lowest BCUT2D eigenvalue weighted by atomic mass is 10.0. The van der Waals surface area contributed by atoms with Gasteiger partial charge in [-0.1, -0.05) is 42.0 Å². The summed E-state index contributed by atoms with van der Waals surface area (Å²) < 4.78 is 0. The molecule has 1 aliphatic rings. The summed E-state index contributed by atoms with van der Waals surface area (Å²) in [5, 5.41) is 0.620. The zero-order valence-electron chi connectivity index (χ0n) is 7.07. The zero-order valence-corrected chi connectivity index (χ0v) is 7.83. The van der Waals surface area contributed by atoms with E-state index < -0.39 is 0 Å². The second kappa shape index (κ2) is 3.27. The van der Waals surface area contributed by atoms with Gasteiger partial charge >= 0.3 is 0 Å². The molecule has 0 fully saturated rings. The fourth-order valence-corrected chi connectivity index (χ4v) is 1.54. The lowest BCUT2D eigenvalue weighted by molar-refractivity contribution is 1.11. The Kier molecular flexibility index (Phi) is 2.11. The lowest BCUT2D eigenvalue weighted by Crippen LogP contribution is -1.92. The van der Waals surface area contributed by atoms with Crippen molar-refractivity contribution < 1.29 is 0 Å². The van der Waals surface area contributed by atoms with Gasteiger partial charge < -0.3 is 5.73 Å². The quantitative estimate of drug-likeness (QED) is 0.679. The van der Waals surface area contributed by atoms with Gasteiger partial charge in [-0.05, 0) is 17.7 Å². The van der Waals surface area contributed by atoms with Crippen molar-refractivity contribution in [1.29, 1.82) is 0 Å². The summed E-state index contributed by atoms with van der Waals surface area (Å²) in [5.41, 5.74) is 7.54. The summed E-state index contributed by atoms with van der Waals surface area (Å²) in [5.74, 6) is 0.361. The van der Waals surface area contributed by atoms with E-state index in [-0.39, 0.29) is 0 Å². The van der Waals surface area contributed by atoms with E-state index in [0.29, 0.717) is 16.6 Å². The molecule has 0 saturated carbocycles. The highest BCUT2D eigenvalue weighted by Gasteiger charge is 2.07. The number of benzene rings is 1. The first-order valence-corrected chi connectivity index (χ1v) is 4.55. The highest BCUT2D eigenvalue weighted by Crippen LogP contribution is 2.27. The third-order valence-electron chi connectivity index (χ3n) is 2.15. The van der Waals surface area contributed by atoms with E-state index in [1.807, 2.05) is 30.4 Å². The predicted octanol–water partition coefficient (Wildman–Crippen LogP) is 3.13. The van der Waals surface area contributed by atoms with Crippen LogP contribution in [0.2, 0.25) is 5.02 Å². The molecule has 0 aliphatic heterocycles. The first-order chi connectivity index (χ1) is 6.27. The SMILES string of the molecule is Nc1cc(C2C=CC=C2)ccc1Cl. The van der Waals surface area contributed by atoms with Gasteiger partial charge in [0.1, 0.15) is 0 Å². The van der Waals surface area contributed by atoms with Crippen LogP contribution in [0.5, 0.6) is 0 Å². The van der Waals surface area contributed by atoms with Crippen LogP contribution in [0.15, 0.2) is 42.5 Å². The van der Waals surface area contributed by atoms with E-state index in [0.717, 1.165) is 0 Å². The van der Waals surface area contributed by atoms with E-state index in [9.17, 15) is 0 Å². The number of allylic oxidation sites excluding steroid dienone is 4. The molecule has 0 bridgehead atoms. The highest BCUT2D eigenvalue weighted by atomic mass is 35.5. The van der Waals surface area contributed by atoms with E-state index in [1.54, 1.807) is 0 Å². The van der Waals surface area contributed by atoms with Crippen LogP contribution < -0.4 is 5.73 Å². The van der Waals surface area contributed by atoms with Gasteiger partial charge in [0.05, 0.1) is 10.7 Å². The second-order valence-corrected chi connectivity index (χ2v) is 3.48. The van der Waals surface area contributed by atoms with Crippen LogP contribution in [0, 0.1) is 0 Å². The molecular formula is C11H10ClN. The molecule has 1 nitrogen and oxygen atoms in total. The molecule has 0 saturated heterocycles. The van der Waals surface area contributed by atoms with Crippen LogP contribution in [-0.4, -0.2) is 0 Å². The number of halogens is 1. The Morgan fingerprint density at radius 3 is 2.46 bits per heavy atom. The Bertz CT molecular complexity index is 368. The molecule has 2 heteroatoms. The van der Waals surface area contributed by atoms with Gasteiger partial charge in [-0.25, -0.2) is 0 Å². The summed E-state index contributed by atoms with van der Waals surface area (Å²) >= 11 is 5.83. The molecule has 2 rings (SSSR count). The molecule has 1 aromatic rings. The van der Waals surface area contributed by atoms with E-state index in [2.05, 4.69) is 12.2 Å². The van der Waals surface area contributed by atoms with Crippen molar-refractivity contribution in [3.8, 4) is 0 Å². The van der Waals surface area contributed by atoms with Crippen LogP contribution in [-0.2, 0) is 0 Å². The van der Waals surface area contributed by atoms with Gasteiger partial charge in [0.25, 0.3) is 0 Å². The number of nitrogen functional groups attached to an aromatic ring is 1. The van der Waals surface area contributed by atoms with Gasteiger partial charge in [-0.3, -0.25) is 0 Å². The van der Waals surface area contributed by atoms with E-state index in [4.69, 9.17) is 17.3 Å². The van der Waals surface area contributed by atoms with Gasteiger partial charge in [0, 0.05) is 5.92 Å². The van der Waals surface area contributed by atoms with Gasteiger partial charge in [-0.2, -0.15) is 0 Å². The average molecular weight is 192 g/mol. The summed E-state index contributed by atoms with van der Waals surface area (Å²) in [6, 6.07) is 5.77. The minimum absolute atomic E-state index is 0.361. The second-order valence-electron chi connectivity index (χ2n) is 3.08. The Balaban J connectivity index is 2.36. The van der Waals surface area contributed by atoms with Crippen LogP contribution in [0.25, 0.3) is 0 Å². The summed E-state index contributed by atoms with van der Waals surface area (Å²) in [4.78, 5) is 0. The van der Waals surface area contributed by atoms with Crippen molar-refractivity contribution in [1.82, 2.24) is 0 Å². The minimum Gasteiger partial charge on any atom is -0.398 e. The number of anilines is 1. The van der Waals surface area contributed by atoms with E-state index >= 15 is 0 Å². The maximum absolute atomic E-state index is 5.83. The average Bonchev–Trinajstić information content (AvgIpc) is 2.62. The topological polar surface area (TPSA) is 26.0 Å². The Morgan fingerprint density at radius 2 is 1.85 bits per heavy atom. The van der Waals surface area contributed by atoms with Crippen molar-refractivity contribution in [2.45, 2.75) is 5.92 Å². The maximum atomic E-state index is 5.83. The number of hydrogen-bond donors (Lipinski definition) is 1. The van der Waals surface area contributed by atoms with Gasteiger partial charge in [0.15, 0.2) is 0 Å². The van der Waals surface area contributed by atoms with Crippen molar-refractivity contribution in [3.05, 3.63) is 53.1 Å². The molecule has 0 heterocycles. The standard InChI is InChI=1S/C11H10ClN/c12-10-6-5-9(7-11(10)13)8-3-1-2-4-8/h1-8H,13H2. The normalized spacial score (nSPS) is 15.5. The number of rotatable bonds is 1. The molecule has 0 spiro atoms. The van der Waals surface area contributed by atoms with Crippen LogP contribution in [0.1, 0.15) is 11.5 Å². The number of hydrogen-bond acceptors (Lipinski definition) is 1. The molecule has 1 aliphatic carbocycles. The Hall–Kier alpha value is -1.21. The predicted molar refractivity (Wildman–Crippen MR) is 56.9 cm³/mol. The van der Waals surface area contributed by atoms with Crippen molar-refractivity contribution in [2.24, 2.45) is 0 Å². The molecule has 0 amide bonds. The molecule has 0 atom stereocenters. The third-order valence-corrected chi connectivity index (χ3v) is 2.50. The Morgan fingerprint density at radius 1 is 1.15 bits per heavy atom. The van der Waals surface area contributed by atoms with Crippen molar-refractivity contribution in [3.63, 3.8) is 0 Å². The monoisotopic (exact) mass is 191 g/mol. The fourth-order valence-electron chi connectivity index (χ4n) is 1.42. The summed E-state index contributed by atoms with van der Waals surface area (Å²) in [7, 11) is 0. The fraction of sp³-hybridized carbons (Fsp3) is 0.0909. The van der Waals surface area contributed by atoms with Gasteiger partial charge in [-0.15, -0.1) is 0 Å². The maximum Gasteiger partial charge on any atom is 0.0635 e. The smallest absolute Gasteiger partial charge is 0.0635 e. The van der Waals surface area contributed by atoms with Crippen molar-refractivity contribution in [2.75, 3.05) is 5.73 Å². The van der Waals surface area contributed by atoms with Crippen LogP contribution in [0.3, 0.4) is 0 Å². The van der Waals surface area contributed by atoms with E-state index in [1.165, 1.54) is 5.56 Å². The third kappa shape index (κ3) is 1.61. The summed E-state index contributed by atoms with van der Waals surface area (Å²) in [6.45, 7) is 0. The largest absolute Gasteiger partial charge is 0.398 e. The minimum atomic E-state index is 0.361. The molecule has 2 N–H and O–H groups in total. The molecule has 0 aromatic heterocycles. The molecule has 1 aromatic carbocycles. The molecular weight excluding hydrogens is 182 g/mol. The number of nitrogens with two attached hydrogens (primary N) is 1. The van der Waals surface area contributed by atoms with Crippen LogP contribution in [0.4, 0.5) is 5.69 Å². The molecule has 0 unspecified atom stereocenters.